The molecule has 0 saturated carbocycles. The van der Waals surface area contributed by atoms with Crippen LogP contribution in [0, 0.1) is 19.7 Å². The number of nitrogens with one attached hydrogen (secondary N) is 1. The van der Waals surface area contributed by atoms with Crippen molar-refractivity contribution in [3.05, 3.63) is 58.9 Å². The monoisotopic (exact) mass is 383 g/mol. The molecular weight excluding hydrogens is 361 g/mol. The smallest absolute Gasteiger partial charge is 0.240 e. The van der Waals surface area contributed by atoms with Gasteiger partial charge in [0.15, 0.2) is 0 Å². The molecule has 0 unspecified atom stereocenters. The largest absolute Gasteiger partial charge is 0.496 e. The summed E-state index contributed by atoms with van der Waals surface area (Å²) in [6.07, 6.45) is 0. The van der Waals surface area contributed by atoms with E-state index in [1.807, 2.05) is 6.92 Å². The van der Waals surface area contributed by atoms with Gasteiger partial charge >= 0.3 is 0 Å². The number of thioether (sulfide) groups is 1. The summed E-state index contributed by atoms with van der Waals surface area (Å²) < 4.78 is 46.3. The first-order chi connectivity index (χ1) is 11.9. The molecule has 4 nitrogen and oxygen atoms in total. The van der Waals surface area contributed by atoms with Crippen LogP contribution in [-0.2, 0) is 15.8 Å². The average Bonchev–Trinajstić information content (AvgIpc) is 2.58. The van der Waals surface area contributed by atoms with Gasteiger partial charge in [-0.2, -0.15) is 11.8 Å². The third-order valence-electron chi connectivity index (χ3n) is 3.95. The Hall–Kier alpha value is -1.57. The van der Waals surface area contributed by atoms with Crippen molar-refractivity contribution >= 4 is 21.8 Å². The van der Waals surface area contributed by atoms with Crippen LogP contribution in [-0.4, -0.2) is 27.8 Å². The second-order valence-corrected chi connectivity index (χ2v) is 8.40. The molecule has 2 aromatic rings. The molecule has 0 radical (unpaired) electrons. The molecule has 7 heteroatoms. The van der Waals surface area contributed by atoms with Crippen LogP contribution in [0.5, 0.6) is 5.75 Å². The van der Waals surface area contributed by atoms with E-state index in [-0.39, 0.29) is 17.3 Å². The first-order valence-electron chi connectivity index (χ1n) is 7.82. The molecule has 0 heterocycles. The van der Waals surface area contributed by atoms with E-state index in [1.54, 1.807) is 44.4 Å². The fourth-order valence-electron chi connectivity index (χ4n) is 2.41. The highest BCUT2D eigenvalue weighted by atomic mass is 32.2. The lowest BCUT2D eigenvalue weighted by atomic mass is 10.1. The highest BCUT2D eigenvalue weighted by molar-refractivity contribution is 7.98. The van der Waals surface area contributed by atoms with Crippen LogP contribution in [0.25, 0.3) is 0 Å². The average molecular weight is 384 g/mol. The van der Waals surface area contributed by atoms with Gasteiger partial charge < -0.3 is 4.74 Å². The van der Waals surface area contributed by atoms with Crippen molar-refractivity contribution in [3.63, 3.8) is 0 Å². The molecule has 2 aromatic carbocycles. The van der Waals surface area contributed by atoms with E-state index in [0.29, 0.717) is 28.4 Å². The van der Waals surface area contributed by atoms with Crippen LogP contribution in [0.1, 0.15) is 16.7 Å². The van der Waals surface area contributed by atoms with Gasteiger partial charge in [0.05, 0.1) is 12.0 Å². The summed E-state index contributed by atoms with van der Waals surface area (Å²) >= 11 is 1.48. The molecule has 0 amide bonds. The zero-order valence-corrected chi connectivity index (χ0v) is 16.1. The maximum atomic E-state index is 13.5. The van der Waals surface area contributed by atoms with E-state index >= 15 is 0 Å². The third-order valence-corrected chi connectivity index (χ3v) is 6.56. The van der Waals surface area contributed by atoms with Crippen LogP contribution in [0.4, 0.5) is 4.39 Å². The predicted octanol–water partition coefficient (Wildman–Crippen LogP) is 3.66. The number of benzene rings is 2. The van der Waals surface area contributed by atoms with Gasteiger partial charge in [0.25, 0.3) is 0 Å². The van der Waals surface area contributed by atoms with Gasteiger partial charge in [-0.15, -0.1) is 0 Å². The molecule has 0 bridgehead atoms. The molecule has 0 saturated heterocycles. The predicted molar refractivity (Wildman–Crippen MR) is 100 cm³/mol. The van der Waals surface area contributed by atoms with Crippen LogP contribution < -0.4 is 9.46 Å². The summed E-state index contributed by atoms with van der Waals surface area (Å²) in [5, 5.41) is 0. The Labute approximate surface area is 152 Å². The van der Waals surface area contributed by atoms with Crippen molar-refractivity contribution in [2.75, 3.05) is 19.4 Å². The van der Waals surface area contributed by atoms with Crippen LogP contribution in [0.3, 0.4) is 0 Å². The maximum absolute atomic E-state index is 13.5. The van der Waals surface area contributed by atoms with E-state index in [9.17, 15) is 12.8 Å². The first-order valence-corrected chi connectivity index (χ1v) is 10.5. The summed E-state index contributed by atoms with van der Waals surface area (Å²) in [4.78, 5) is 0.255. The van der Waals surface area contributed by atoms with Gasteiger partial charge in [-0.25, -0.2) is 17.5 Å². The van der Waals surface area contributed by atoms with Gasteiger partial charge in [-0.1, -0.05) is 18.2 Å². The van der Waals surface area contributed by atoms with Gasteiger partial charge in [-0.05, 0) is 48.7 Å². The number of hydrogen-bond donors (Lipinski definition) is 1. The maximum Gasteiger partial charge on any atom is 0.240 e. The third kappa shape index (κ3) is 4.96. The molecule has 136 valence electrons. The number of halogens is 1. The van der Waals surface area contributed by atoms with Crippen molar-refractivity contribution in [2.45, 2.75) is 24.5 Å². The normalized spacial score (nSPS) is 11.5. The number of sulfonamides is 1. The second kappa shape index (κ2) is 8.69. The highest BCUT2D eigenvalue weighted by Gasteiger charge is 2.18. The van der Waals surface area contributed by atoms with Crippen molar-refractivity contribution < 1.29 is 17.5 Å². The summed E-state index contributed by atoms with van der Waals surface area (Å²) in [6, 6.07) is 9.80. The molecular formula is C18H22FNO3S2. The van der Waals surface area contributed by atoms with Crippen molar-refractivity contribution in [2.24, 2.45) is 0 Å². The Morgan fingerprint density at radius 2 is 1.84 bits per heavy atom. The molecule has 1 N–H and O–H groups in total. The molecule has 0 atom stereocenters. The van der Waals surface area contributed by atoms with Gasteiger partial charge in [0, 0.05) is 18.1 Å². The SMILES string of the molecule is COc1ccc(S(=O)(=O)NCCSCc2ccccc2F)c(C)c1C. The van der Waals surface area contributed by atoms with Crippen molar-refractivity contribution in [3.8, 4) is 5.75 Å². The fourth-order valence-corrected chi connectivity index (χ4v) is 4.71. The minimum absolute atomic E-state index is 0.236. The Kier molecular flexibility index (Phi) is 6.87. The number of methoxy groups -OCH3 is 1. The quantitative estimate of drug-likeness (QED) is 0.707. The lowest BCUT2D eigenvalue weighted by molar-refractivity contribution is 0.410. The number of rotatable bonds is 8. The molecule has 0 aromatic heterocycles. The lowest BCUT2D eigenvalue weighted by Gasteiger charge is -2.13. The summed E-state index contributed by atoms with van der Waals surface area (Å²) in [5.41, 5.74) is 2.10. The molecule has 0 fully saturated rings. The van der Waals surface area contributed by atoms with E-state index < -0.39 is 10.0 Å². The molecule has 0 aliphatic heterocycles. The Balaban J connectivity index is 1.92. The summed E-state index contributed by atoms with van der Waals surface area (Å²) in [5.74, 6) is 1.49. The molecule has 0 aliphatic carbocycles. The summed E-state index contributed by atoms with van der Waals surface area (Å²) in [6.45, 7) is 3.88. The minimum atomic E-state index is -3.58. The van der Waals surface area contributed by atoms with Crippen LogP contribution in [0.2, 0.25) is 0 Å². The fraction of sp³-hybridized carbons (Fsp3) is 0.333. The van der Waals surface area contributed by atoms with Crippen LogP contribution >= 0.6 is 11.8 Å². The van der Waals surface area contributed by atoms with E-state index in [1.165, 1.54) is 17.8 Å². The summed E-state index contributed by atoms with van der Waals surface area (Å²) in [7, 11) is -2.03. The minimum Gasteiger partial charge on any atom is -0.496 e. The Morgan fingerprint density at radius 3 is 2.52 bits per heavy atom. The first kappa shape index (κ1) is 19.8. The van der Waals surface area contributed by atoms with E-state index in [4.69, 9.17) is 4.74 Å². The second-order valence-electron chi connectivity index (χ2n) is 5.56. The van der Waals surface area contributed by atoms with Crippen molar-refractivity contribution in [1.29, 1.82) is 0 Å². The van der Waals surface area contributed by atoms with Crippen molar-refractivity contribution in [1.82, 2.24) is 4.72 Å². The Morgan fingerprint density at radius 1 is 1.12 bits per heavy atom. The highest BCUT2D eigenvalue weighted by Crippen LogP contribution is 2.26. The molecule has 0 spiro atoms. The zero-order chi connectivity index (χ0) is 18.4. The van der Waals surface area contributed by atoms with Gasteiger partial charge in [0.2, 0.25) is 10.0 Å². The molecule has 2 rings (SSSR count). The van der Waals surface area contributed by atoms with E-state index in [2.05, 4.69) is 4.72 Å². The van der Waals surface area contributed by atoms with Crippen LogP contribution in [0.15, 0.2) is 41.3 Å². The Bertz CT molecular complexity index is 838. The van der Waals surface area contributed by atoms with Gasteiger partial charge in [0.1, 0.15) is 11.6 Å². The topological polar surface area (TPSA) is 55.4 Å². The number of hydrogen-bond acceptors (Lipinski definition) is 4. The standard InChI is InChI=1S/C18H22FNO3S2/c1-13-14(2)18(9-8-17(13)23-3)25(21,22)20-10-11-24-12-15-6-4-5-7-16(15)19/h4-9,20H,10-12H2,1-3H3. The molecule has 25 heavy (non-hydrogen) atoms. The zero-order valence-electron chi connectivity index (χ0n) is 14.5. The number of ether oxygens (including phenoxy) is 1. The van der Waals surface area contributed by atoms with Gasteiger partial charge in [-0.3, -0.25) is 0 Å². The lowest BCUT2D eigenvalue weighted by Crippen LogP contribution is -2.27. The molecule has 0 aliphatic rings. The van der Waals surface area contributed by atoms with E-state index in [0.717, 1.165) is 5.56 Å².